The lowest BCUT2D eigenvalue weighted by molar-refractivity contribution is 1.06. The van der Waals surface area contributed by atoms with E-state index in [1.165, 1.54) is 0 Å². The van der Waals surface area contributed by atoms with E-state index in [0.717, 1.165) is 33.4 Å². The molecule has 0 aliphatic rings. The van der Waals surface area contributed by atoms with Gasteiger partial charge in [-0.15, -0.1) is 0 Å². The van der Waals surface area contributed by atoms with Gasteiger partial charge >= 0.3 is 0 Å². The van der Waals surface area contributed by atoms with Crippen LogP contribution in [-0.4, -0.2) is 34.9 Å². The summed E-state index contributed by atoms with van der Waals surface area (Å²) in [5.41, 5.74) is 5.07. The van der Waals surface area contributed by atoms with Gasteiger partial charge < -0.3 is 0 Å². The zero-order chi connectivity index (χ0) is 28.1. The van der Waals surface area contributed by atoms with Crippen molar-refractivity contribution in [1.82, 2.24) is 34.9 Å². The van der Waals surface area contributed by atoms with Gasteiger partial charge in [0.1, 0.15) is 0 Å². The van der Waals surface area contributed by atoms with Crippen LogP contribution in [0.3, 0.4) is 0 Å². The molecule has 7 rings (SSSR count). The van der Waals surface area contributed by atoms with Gasteiger partial charge in [0, 0.05) is 45.8 Å². The highest BCUT2D eigenvalue weighted by molar-refractivity contribution is 5.71. The lowest BCUT2D eigenvalue weighted by atomic mass is 10.1. The Morgan fingerprint density at radius 1 is 0.262 bits per heavy atom. The number of rotatable bonds is 6. The molecule has 0 bridgehead atoms. The third-order valence-electron chi connectivity index (χ3n) is 6.65. The second-order valence-corrected chi connectivity index (χ2v) is 9.54. The minimum Gasteiger partial charge on any atom is -0.263 e. The third kappa shape index (κ3) is 5.26. The standard InChI is InChI=1S/C35H23N7/c1-5-13-24(14-6-1)30-37-31(25-15-7-2-8-16-25)40-34(39-30)28-21-29(23-36-22-28)35-41-32(26-17-9-3-10-18-26)38-33(42-35)27-19-11-4-12-20-27/h1-23H. The smallest absolute Gasteiger partial charge is 0.165 e. The number of aromatic nitrogens is 7. The van der Waals surface area contributed by atoms with Gasteiger partial charge in [-0.25, -0.2) is 29.9 Å². The minimum atomic E-state index is 0.512. The van der Waals surface area contributed by atoms with E-state index in [9.17, 15) is 0 Å². The van der Waals surface area contributed by atoms with Crippen molar-refractivity contribution in [1.29, 1.82) is 0 Å². The maximum atomic E-state index is 4.85. The summed E-state index contributed by atoms with van der Waals surface area (Å²) < 4.78 is 0. The Morgan fingerprint density at radius 2 is 0.500 bits per heavy atom. The molecule has 42 heavy (non-hydrogen) atoms. The van der Waals surface area contributed by atoms with Gasteiger partial charge in [-0.2, -0.15) is 0 Å². The van der Waals surface area contributed by atoms with Gasteiger partial charge in [-0.05, 0) is 6.07 Å². The molecule has 0 fully saturated rings. The first-order valence-electron chi connectivity index (χ1n) is 13.5. The number of nitrogens with zero attached hydrogens (tertiary/aromatic N) is 7. The average molecular weight is 542 g/mol. The summed E-state index contributed by atoms with van der Waals surface area (Å²) in [4.78, 5) is 33.5. The fraction of sp³-hybridized carbons (Fsp3) is 0. The van der Waals surface area contributed by atoms with Crippen molar-refractivity contribution < 1.29 is 0 Å². The van der Waals surface area contributed by atoms with Gasteiger partial charge in [0.05, 0.1) is 0 Å². The highest BCUT2D eigenvalue weighted by atomic mass is 15.0. The molecule has 0 saturated carbocycles. The minimum absolute atomic E-state index is 0.512. The van der Waals surface area contributed by atoms with Gasteiger partial charge in [0.15, 0.2) is 34.9 Å². The molecule has 7 aromatic rings. The third-order valence-corrected chi connectivity index (χ3v) is 6.65. The van der Waals surface area contributed by atoms with Crippen LogP contribution in [0.4, 0.5) is 0 Å². The monoisotopic (exact) mass is 541 g/mol. The summed E-state index contributed by atoms with van der Waals surface area (Å²) >= 11 is 0. The highest BCUT2D eigenvalue weighted by Crippen LogP contribution is 2.28. The topological polar surface area (TPSA) is 90.2 Å². The number of hydrogen-bond acceptors (Lipinski definition) is 7. The van der Waals surface area contributed by atoms with Crippen LogP contribution in [-0.2, 0) is 0 Å². The zero-order valence-electron chi connectivity index (χ0n) is 22.4. The molecule has 0 amide bonds. The summed E-state index contributed by atoms with van der Waals surface area (Å²) in [6, 6.07) is 41.5. The Hall–Kier alpha value is -5.95. The van der Waals surface area contributed by atoms with Crippen molar-refractivity contribution in [3.05, 3.63) is 140 Å². The molecule has 4 aromatic carbocycles. The van der Waals surface area contributed by atoms with Crippen LogP contribution in [0.25, 0.3) is 68.3 Å². The molecule has 0 spiro atoms. The van der Waals surface area contributed by atoms with E-state index in [1.54, 1.807) is 12.4 Å². The summed E-state index contributed by atoms with van der Waals surface area (Å²) in [6.45, 7) is 0. The van der Waals surface area contributed by atoms with Crippen LogP contribution < -0.4 is 0 Å². The first-order chi connectivity index (χ1) is 20.8. The predicted octanol–water partition coefficient (Wildman–Crippen LogP) is 7.45. The van der Waals surface area contributed by atoms with Crippen molar-refractivity contribution in [2.24, 2.45) is 0 Å². The van der Waals surface area contributed by atoms with Crippen LogP contribution in [0.1, 0.15) is 0 Å². The van der Waals surface area contributed by atoms with Crippen LogP contribution in [0.2, 0.25) is 0 Å². The van der Waals surface area contributed by atoms with Crippen molar-refractivity contribution >= 4 is 0 Å². The Morgan fingerprint density at radius 3 is 0.762 bits per heavy atom. The molecule has 7 heteroatoms. The molecule has 0 aliphatic heterocycles. The van der Waals surface area contributed by atoms with Gasteiger partial charge in [-0.3, -0.25) is 4.98 Å². The second-order valence-electron chi connectivity index (χ2n) is 9.54. The first kappa shape index (κ1) is 25.0. The summed E-state index contributed by atoms with van der Waals surface area (Å²) in [7, 11) is 0. The number of pyridine rings is 1. The quantitative estimate of drug-likeness (QED) is 0.216. The number of benzene rings is 4. The summed E-state index contributed by atoms with van der Waals surface area (Å²) in [6.07, 6.45) is 3.50. The number of hydrogen-bond donors (Lipinski definition) is 0. The zero-order valence-corrected chi connectivity index (χ0v) is 22.4. The Balaban J connectivity index is 1.37. The molecule has 3 heterocycles. The molecule has 0 saturated heterocycles. The fourth-order valence-corrected chi connectivity index (χ4v) is 4.56. The van der Waals surface area contributed by atoms with E-state index in [2.05, 4.69) is 4.98 Å². The van der Waals surface area contributed by atoms with E-state index in [4.69, 9.17) is 29.9 Å². The molecule has 0 N–H and O–H groups in total. The van der Waals surface area contributed by atoms with E-state index < -0.39 is 0 Å². The van der Waals surface area contributed by atoms with Gasteiger partial charge in [0.25, 0.3) is 0 Å². The summed E-state index contributed by atoms with van der Waals surface area (Å²) in [5.74, 6) is 3.37. The maximum Gasteiger partial charge on any atom is 0.165 e. The maximum absolute atomic E-state index is 4.85. The van der Waals surface area contributed by atoms with E-state index in [1.807, 2.05) is 127 Å². The Bertz CT molecular complexity index is 1710. The first-order valence-corrected chi connectivity index (χ1v) is 13.5. The Labute approximate surface area is 242 Å². The van der Waals surface area contributed by atoms with Crippen molar-refractivity contribution in [3.63, 3.8) is 0 Å². The van der Waals surface area contributed by atoms with E-state index >= 15 is 0 Å². The van der Waals surface area contributed by atoms with Crippen LogP contribution in [0, 0.1) is 0 Å². The molecule has 7 nitrogen and oxygen atoms in total. The van der Waals surface area contributed by atoms with Gasteiger partial charge in [-0.1, -0.05) is 121 Å². The lowest BCUT2D eigenvalue weighted by Gasteiger charge is -2.10. The van der Waals surface area contributed by atoms with Crippen molar-refractivity contribution in [2.75, 3.05) is 0 Å². The normalized spacial score (nSPS) is 10.9. The molecule has 0 aliphatic carbocycles. The predicted molar refractivity (Wildman–Crippen MR) is 164 cm³/mol. The molecule has 198 valence electrons. The summed E-state index contributed by atoms with van der Waals surface area (Å²) in [5, 5.41) is 0. The van der Waals surface area contributed by atoms with Crippen molar-refractivity contribution in [3.8, 4) is 68.3 Å². The van der Waals surface area contributed by atoms with E-state index in [-0.39, 0.29) is 0 Å². The largest absolute Gasteiger partial charge is 0.263 e. The van der Waals surface area contributed by atoms with Crippen LogP contribution >= 0.6 is 0 Å². The molecular weight excluding hydrogens is 518 g/mol. The van der Waals surface area contributed by atoms with Crippen LogP contribution in [0.15, 0.2) is 140 Å². The van der Waals surface area contributed by atoms with Gasteiger partial charge in [0.2, 0.25) is 0 Å². The molecule has 0 atom stereocenters. The average Bonchev–Trinajstić information content (AvgIpc) is 3.09. The lowest BCUT2D eigenvalue weighted by Crippen LogP contribution is -2.02. The fourth-order valence-electron chi connectivity index (χ4n) is 4.56. The molecule has 0 radical (unpaired) electrons. The molecular formula is C35H23N7. The van der Waals surface area contributed by atoms with Crippen LogP contribution in [0.5, 0.6) is 0 Å². The highest BCUT2D eigenvalue weighted by Gasteiger charge is 2.16. The SMILES string of the molecule is c1ccc(-c2nc(-c3ccccc3)nc(-c3cncc(-c4nc(-c5ccccc5)nc(-c5ccccc5)n4)c3)n2)cc1. The molecule has 3 aromatic heterocycles. The second kappa shape index (κ2) is 11.3. The van der Waals surface area contributed by atoms with Crippen molar-refractivity contribution in [2.45, 2.75) is 0 Å². The molecule has 0 unspecified atom stereocenters. The Kier molecular flexibility index (Phi) is 6.72. The van der Waals surface area contributed by atoms with E-state index in [0.29, 0.717) is 34.9 Å².